The molecular weight excluding hydrogens is 588 g/mol. The van der Waals surface area contributed by atoms with Crippen LogP contribution in [-0.2, 0) is 57.2 Å². The highest BCUT2D eigenvalue weighted by atomic mass is 16.7. The van der Waals surface area contributed by atoms with Crippen molar-refractivity contribution < 1.29 is 57.2 Å². The Hall–Kier alpha value is -3.18. The molecule has 0 radical (unpaired) electrons. The summed E-state index contributed by atoms with van der Waals surface area (Å²) in [6.07, 6.45) is -9.69. The lowest BCUT2D eigenvalue weighted by atomic mass is 9.83. The van der Waals surface area contributed by atoms with Crippen LogP contribution < -0.4 is 0 Å². The first kappa shape index (κ1) is 39.8. The highest BCUT2D eigenvalue weighted by Crippen LogP contribution is 2.36. The van der Waals surface area contributed by atoms with Crippen LogP contribution in [0, 0.1) is 29.6 Å². The number of ether oxygens (including phenoxy) is 6. The molecule has 0 aromatic rings. The van der Waals surface area contributed by atoms with Crippen LogP contribution in [0.2, 0.25) is 0 Å². The maximum absolute atomic E-state index is 13.1. The van der Waals surface area contributed by atoms with Crippen LogP contribution in [0.4, 0.5) is 0 Å². The SMILES string of the molecule is CC(=O)OC1[C@H](OC(=O)CC(C)C)[C@H](OC(=O)CC(C)C)C(OC(=O)CC(C)C)[C@H](OC(=O)CC(C)C)[C@H]1OC(=O)CC(C)C. The summed E-state index contributed by atoms with van der Waals surface area (Å²) in [6.45, 7) is 19.1. The minimum absolute atomic E-state index is 0.0429. The quantitative estimate of drug-likeness (QED) is 0.169. The molecule has 258 valence electrons. The van der Waals surface area contributed by atoms with Gasteiger partial charge in [0, 0.05) is 39.0 Å². The molecule has 1 rings (SSSR count). The molecule has 0 bridgehead atoms. The Morgan fingerprint density at radius 2 is 0.511 bits per heavy atom. The molecule has 1 aliphatic carbocycles. The minimum atomic E-state index is -1.58. The molecule has 0 aromatic carbocycles. The molecule has 0 spiro atoms. The van der Waals surface area contributed by atoms with E-state index in [0.717, 1.165) is 6.92 Å². The van der Waals surface area contributed by atoms with E-state index in [1.165, 1.54) is 0 Å². The number of esters is 6. The molecule has 12 nitrogen and oxygen atoms in total. The van der Waals surface area contributed by atoms with E-state index < -0.39 is 72.4 Å². The summed E-state index contributed by atoms with van der Waals surface area (Å²) in [6, 6.07) is 0. The fraction of sp³-hybridized carbons (Fsp3) is 0.818. The zero-order valence-electron chi connectivity index (χ0n) is 28.8. The fourth-order valence-electron chi connectivity index (χ4n) is 4.78. The van der Waals surface area contributed by atoms with Gasteiger partial charge in [0.1, 0.15) is 0 Å². The van der Waals surface area contributed by atoms with E-state index in [1.54, 1.807) is 69.2 Å². The van der Waals surface area contributed by atoms with E-state index in [1.807, 2.05) is 0 Å². The third kappa shape index (κ3) is 14.6. The van der Waals surface area contributed by atoms with Crippen LogP contribution in [0.15, 0.2) is 0 Å². The predicted octanol–water partition coefficient (Wildman–Crippen LogP) is 4.72. The van der Waals surface area contributed by atoms with E-state index >= 15 is 0 Å². The smallest absolute Gasteiger partial charge is 0.306 e. The number of rotatable bonds is 16. The zero-order chi connectivity index (χ0) is 34.6. The molecule has 0 heterocycles. The third-order valence-corrected chi connectivity index (χ3v) is 6.46. The average molecular weight is 643 g/mol. The summed E-state index contributed by atoms with van der Waals surface area (Å²) >= 11 is 0. The summed E-state index contributed by atoms with van der Waals surface area (Å²) < 4.78 is 34.8. The standard InChI is InChI=1S/C33H54O12/c1-17(2)12-23(35)41-29-28(40-22(11)34)30(42-24(36)13-18(3)4)32(44-26(38)15-20(7)8)33(45-27(39)16-21(9)10)31(29)43-25(37)14-19(5)6/h17-21,28-33H,12-16H2,1-11H3/t28?,29-,30-,31-,32+,33?/m0/s1. The predicted molar refractivity (Wildman–Crippen MR) is 162 cm³/mol. The number of hydrogen-bond donors (Lipinski definition) is 0. The number of hydrogen-bond acceptors (Lipinski definition) is 12. The topological polar surface area (TPSA) is 158 Å². The van der Waals surface area contributed by atoms with Crippen molar-refractivity contribution in [2.75, 3.05) is 0 Å². The number of carbonyl (C=O) groups is 6. The van der Waals surface area contributed by atoms with Crippen LogP contribution in [0.1, 0.15) is 108 Å². The molecule has 0 aromatic heterocycles. The summed E-state index contributed by atoms with van der Waals surface area (Å²) in [5, 5.41) is 0. The van der Waals surface area contributed by atoms with Crippen molar-refractivity contribution in [2.45, 2.75) is 145 Å². The Balaban J connectivity index is 3.97. The zero-order valence-corrected chi connectivity index (χ0v) is 28.8. The summed E-state index contributed by atoms with van der Waals surface area (Å²) in [7, 11) is 0. The Labute approximate surface area is 267 Å². The first-order valence-corrected chi connectivity index (χ1v) is 15.9. The molecule has 0 amide bonds. The Bertz CT molecular complexity index is 955. The minimum Gasteiger partial charge on any atom is -0.454 e. The third-order valence-electron chi connectivity index (χ3n) is 6.46. The molecule has 1 saturated carbocycles. The Kier molecular flexibility index (Phi) is 16.6. The largest absolute Gasteiger partial charge is 0.454 e. The van der Waals surface area contributed by atoms with E-state index in [4.69, 9.17) is 28.4 Å². The molecule has 6 atom stereocenters. The molecule has 0 N–H and O–H groups in total. The first-order valence-electron chi connectivity index (χ1n) is 15.9. The van der Waals surface area contributed by atoms with Crippen molar-refractivity contribution in [1.29, 1.82) is 0 Å². The molecule has 2 unspecified atom stereocenters. The lowest BCUT2D eigenvalue weighted by Gasteiger charge is -2.47. The first-order chi connectivity index (χ1) is 20.8. The van der Waals surface area contributed by atoms with Crippen molar-refractivity contribution >= 4 is 35.8 Å². The van der Waals surface area contributed by atoms with Gasteiger partial charge in [-0.25, -0.2) is 0 Å². The molecule has 45 heavy (non-hydrogen) atoms. The van der Waals surface area contributed by atoms with Gasteiger partial charge in [0.05, 0.1) is 0 Å². The maximum Gasteiger partial charge on any atom is 0.306 e. The van der Waals surface area contributed by atoms with Crippen molar-refractivity contribution in [3.05, 3.63) is 0 Å². The van der Waals surface area contributed by atoms with E-state index in [9.17, 15) is 28.8 Å². The molecule has 1 aliphatic rings. The lowest BCUT2D eigenvalue weighted by molar-refractivity contribution is -0.262. The van der Waals surface area contributed by atoms with Crippen molar-refractivity contribution in [1.82, 2.24) is 0 Å². The van der Waals surface area contributed by atoms with Gasteiger partial charge >= 0.3 is 35.8 Å². The fourth-order valence-corrected chi connectivity index (χ4v) is 4.78. The van der Waals surface area contributed by atoms with Gasteiger partial charge in [-0.1, -0.05) is 69.2 Å². The molecule has 0 aliphatic heterocycles. The van der Waals surface area contributed by atoms with Crippen molar-refractivity contribution in [2.24, 2.45) is 29.6 Å². The van der Waals surface area contributed by atoms with Gasteiger partial charge in [-0.15, -0.1) is 0 Å². The van der Waals surface area contributed by atoms with Crippen LogP contribution in [0.25, 0.3) is 0 Å². The Morgan fingerprint density at radius 3 is 0.644 bits per heavy atom. The Morgan fingerprint density at radius 1 is 0.356 bits per heavy atom. The van der Waals surface area contributed by atoms with Crippen molar-refractivity contribution in [3.63, 3.8) is 0 Å². The molecule has 0 saturated heterocycles. The summed E-state index contributed by atoms with van der Waals surface area (Å²) in [4.78, 5) is 78.0. The van der Waals surface area contributed by atoms with Gasteiger partial charge in [-0.2, -0.15) is 0 Å². The second-order valence-corrected chi connectivity index (χ2v) is 13.8. The van der Waals surface area contributed by atoms with Gasteiger partial charge in [-0.05, 0) is 29.6 Å². The van der Waals surface area contributed by atoms with Gasteiger partial charge in [0.25, 0.3) is 0 Å². The maximum atomic E-state index is 13.1. The van der Waals surface area contributed by atoms with Crippen LogP contribution in [0.3, 0.4) is 0 Å². The summed E-state index contributed by atoms with van der Waals surface area (Å²) in [5.41, 5.74) is 0. The van der Waals surface area contributed by atoms with Crippen LogP contribution in [0.5, 0.6) is 0 Å². The highest BCUT2D eigenvalue weighted by molar-refractivity contribution is 5.74. The number of carbonyl (C=O) groups excluding carboxylic acids is 6. The normalized spacial score (nSPS) is 23.2. The van der Waals surface area contributed by atoms with Gasteiger partial charge in [0.2, 0.25) is 0 Å². The summed E-state index contributed by atoms with van der Waals surface area (Å²) in [5.74, 6) is -5.03. The second kappa shape index (κ2) is 18.7. The van der Waals surface area contributed by atoms with Gasteiger partial charge < -0.3 is 28.4 Å². The van der Waals surface area contributed by atoms with E-state index in [0.29, 0.717) is 0 Å². The van der Waals surface area contributed by atoms with E-state index in [2.05, 4.69) is 0 Å². The second-order valence-electron chi connectivity index (χ2n) is 13.8. The van der Waals surface area contributed by atoms with E-state index in [-0.39, 0.29) is 61.7 Å². The molecule has 1 fully saturated rings. The highest BCUT2D eigenvalue weighted by Gasteiger charge is 2.61. The van der Waals surface area contributed by atoms with Crippen molar-refractivity contribution in [3.8, 4) is 0 Å². The molecular formula is C33H54O12. The average Bonchev–Trinajstić information content (AvgIpc) is 2.82. The lowest BCUT2D eigenvalue weighted by Crippen LogP contribution is -2.69. The monoisotopic (exact) mass is 642 g/mol. The van der Waals surface area contributed by atoms with Gasteiger partial charge in [0.15, 0.2) is 36.6 Å². The van der Waals surface area contributed by atoms with Crippen LogP contribution in [-0.4, -0.2) is 72.4 Å². The molecule has 12 heteroatoms. The van der Waals surface area contributed by atoms with Crippen LogP contribution >= 0.6 is 0 Å². The van der Waals surface area contributed by atoms with Gasteiger partial charge in [-0.3, -0.25) is 28.8 Å².